The van der Waals surface area contributed by atoms with Crippen LogP contribution in [0.3, 0.4) is 0 Å². The molecule has 2 aliphatic rings. The standard InChI is InChI=1S/C25H22BrClF3N3O/c1-2-23(17-7-4-3-5-8-17)16-33(22(34)31-20-12-10-18(26)11-13-20)32-21(23)24(25(28,29)30)14-6-9-19(27)15-24/h3-14H,2,15-16H2,1H3,(H,31,34). The quantitative estimate of drug-likeness (QED) is 0.416. The van der Waals surface area contributed by atoms with Crippen LogP contribution in [-0.2, 0) is 5.41 Å². The maximum Gasteiger partial charge on any atom is 0.403 e. The van der Waals surface area contributed by atoms with Gasteiger partial charge in [-0.05, 0) is 42.3 Å². The molecule has 4 rings (SSSR count). The summed E-state index contributed by atoms with van der Waals surface area (Å²) in [6.07, 6.45) is -0.951. The van der Waals surface area contributed by atoms with E-state index in [9.17, 15) is 18.0 Å². The monoisotopic (exact) mass is 551 g/mol. The minimum absolute atomic E-state index is 0.0296. The molecule has 0 aromatic heterocycles. The summed E-state index contributed by atoms with van der Waals surface area (Å²) in [5, 5.41) is 8.28. The number of nitrogens with zero attached hydrogens (tertiary/aromatic N) is 2. The van der Waals surface area contributed by atoms with E-state index in [4.69, 9.17) is 11.6 Å². The lowest BCUT2D eigenvalue weighted by molar-refractivity contribution is -0.182. The topological polar surface area (TPSA) is 44.7 Å². The highest BCUT2D eigenvalue weighted by Gasteiger charge is 2.64. The van der Waals surface area contributed by atoms with E-state index in [2.05, 4.69) is 26.3 Å². The number of alkyl halides is 3. The van der Waals surface area contributed by atoms with Gasteiger partial charge >= 0.3 is 12.2 Å². The molecule has 1 N–H and O–H groups in total. The fourth-order valence-corrected chi connectivity index (χ4v) is 5.15. The van der Waals surface area contributed by atoms with E-state index in [0.29, 0.717) is 17.7 Å². The number of hydrazone groups is 1. The third-order valence-corrected chi connectivity index (χ3v) is 7.18. The second-order valence-electron chi connectivity index (χ2n) is 8.36. The van der Waals surface area contributed by atoms with Crippen molar-refractivity contribution in [3.05, 3.63) is 87.9 Å². The Balaban J connectivity index is 1.83. The summed E-state index contributed by atoms with van der Waals surface area (Å²) in [5.41, 5.74) is -2.54. The Kier molecular flexibility index (Phi) is 6.66. The third kappa shape index (κ3) is 4.29. The van der Waals surface area contributed by atoms with E-state index in [-0.39, 0.29) is 17.3 Å². The van der Waals surface area contributed by atoms with Crippen molar-refractivity contribution < 1.29 is 18.0 Å². The second kappa shape index (κ2) is 9.23. The molecule has 9 heteroatoms. The average molecular weight is 553 g/mol. The second-order valence-corrected chi connectivity index (χ2v) is 9.76. The highest BCUT2D eigenvalue weighted by Crippen LogP contribution is 2.54. The zero-order valence-electron chi connectivity index (χ0n) is 18.2. The SMILES string of the molecule is CCC1(c2ccccc2)CN(C(=O)Nc2ccc(Br)cc2)N=C1C1(C(F)(F)F)C=CC=C(Cl)C1. The number of halogens is 5. The van der Waals surface area contributed by atoms with Crippen LogP contribution in [-0.4, -0.2) is 29.5 Å². The smallest absolute Gasteiger partial charge is 0.306 e. The molecule has 2 unspecified atom stereocenters. The van der Waals surface area contributed by atoms with Gasteiger partial charge in [-0.2, -0.15) is 18.3 Å². The van der Waals surface area contributed by atoms with Crippen molar-refractivity contribution in [2.45, 2.75) is 31.4 Å². The highest BCUT2D eigenvalue weighted by molar-refractivity contribution is 9.10. The lowest BCUT2D eigenvalue weighted by atomic mass is 9.62. The zero-order valence-corrected chi connectivity index (χ0v) is 20.6. The maximum absolute atomic E-state index is 14.8. The van der Waals surface area contributed by atoms with Crippen molar-refractivity contribution in [2.75, 3.05) is 11.9 Å². The molecular weight excluding hydrogens is 531 g/mol. The number of amides is 2. The number of rotatable bonds is 4. The number of allylic oxidation sites excluding steroid dienone is 4. The summed E-state index contributed by atoms with van der Waals surface area (Å²) in [6.45, 7) is 1.78. The molecule has 0 fully saturated rings. The molecule has 2 aromatic rings. The molecule has 2 atom stereocenters. The van der Waals surface area contributed by atoms with Gasteiger partial charge in [0.15, 0.2) is 0 Å². The minimum atomic E-state index is -4.68. The van der Waals surface area contributed by atoms with Crippen LogP contribution in [0.4, 0.5) is 23.7 Å². The van der Waals surface area contributed by atoms with Gasteiger partial charge in [0.2, 0.25) is 0 Å². The van der Waals surface area contributed by atoms with Crippen molar-refractivity contribution in [3.8, 4) is 0 Å². The van der Waals surface area contributed by atoms with Crippen molar-refractivity contribution >= 4 is 45.0 Å². The molecular formula is C25H22BrClF3N3O. The van der Waals surface area contributed by atoms with Crippen LogP contribution >= 0.6 is 27.5 Å². The van der Waals surface area contributed by atoms with Crippen LogP contribution in [0.15, 0.2) is 87.4 Å². The Morgan fingerprint density at radius 1 is 1.18 bits per heavy atom. The van der Waals surface area contributed by atoms with E-state index >= 15 is 0 Å². The van der Waals surface area contributed by atoms with Gasteiger partial charge in [-0.25, -0.2) is 9.80 Å². The van der Waals surface area contributed by atoms with E-state index in [1.54, 1.807) is 54.6 Å². The van der Waals surface area contributed by atoms with Crippen LogP contribution in [0.2, 0.25) is 0 Å². The summed E-state index contributed by atoms with van der Waals surface area (Å²) in [4.78, 5) is 13.1. The van der Waals surface area contributed by atoms with Crippen molar-refractivity contribution in [1.82, 2.24) is 5.01 Å². The van der Waals surface area contributed by atoms with Gasteiger partial charge in [0.05, 0.1) is 17.7 Å². The summed E-state index contributed by atoms with van der Waals surface area (Å²) in [7, 11) is 0. The number of hydrogen-bond donors (Lipinski definition) is 1. The van der Waals surface area contributed by atoms with Crippen LogP contribution in [0.25, 0.3) is 0 Å². The van der Waals surface area contributed by atoms with Gasteiger partial charge in [0, 0.05) is 21.6 Å². The zero-order chi connectivity index (χ0) is 24.6. The van der Waals surface area contributed by atoms with Gasteiger partial charge in [0.25, 0.3) is 0 Å². The molecule has 0 bridgehead atoms. The number of urea groups is 1. The molecule has 0 radical (unpaired) electrons. The Morgan fingerprint density at radius 2 is 1.85 bits per heavy atom. The molecule has 34 heavy (non-hydrogen) atoms. The van der Waals surface area contributed by atoms with Gasteiger partial charge in [-0.15, -0.1) is 0 Å². The first-order valence-corrected chi connectivity index (χ1v) is 11.9. The van der Waals surface area contributed by atoms with Gasteiger partial charge in [-0.1, -0.05) is 76.9 Å². The Labute approximate surface area is 209 Å². The number of anilines is 1. The van der Waals surface area contributed by atoms with Crippen LogP contribution in [0.5, 0.6) is 0 Å². The predicted molar refractivity (Wildman–Crippen MR) is 132 cm³/mol. The first kappa shape index (κ1) is 24.5. The van der Waals surface area contributed by atoms with Gasteiger partial charge < -0.3 is 5.32 Å². The highest BCUT2D eigenvalue weighted by atomic mass is 79.9. The molecule has 0 spiro atoms. The van der Waals surface area contributed by atoms with E-state index < -0.39 is 29.5 Å². The third-order valence-electron chi connectivity index (χ3n) is 6.39. The van der Waals surface area contributed by atoms with Crippen LogP contribution < -0.4 is 5.32 Å². The summed E-state index contributed by atoms with van der Waals surface area (Å²) in [5.74, 6) is 0. The average Bonchev–Trinajstić information content (AvgIpc) is 3.22. The van der Waals surface area contributed by atoms with Gasteiger partial charge in [0.1, 0.15) is 5.41 Å². The van der Waals surface area contributed by atoms with E-state index in [0.717, 1.165) is 15.6 Å². The number of nitrogens with one attached hydrogen (secondary N) is 1. The summed E-state index contributed by atoms with van der Waals surface area (Å²) >= 11 is 9.48. The lowest BCUT2D eigenvalue weighted by Gasteiger charge is -2.41. The normalized spacial score (nSPS) is 24.6. The Morgan fingerprint density at radius 3 is 2.44 bits per heavy atom. The number of hydrogen-bond acceptors (Lipinski definition) is 2. The lowest BCUT2D eigenvalue weighted by Crippen LogP contribution is -2.53. The Bertz CT molecular complexity index is 1160. The number of carbonyl (C=O) groups is 1. The fraction of sp³-hybridized carbons (Fsp3) is 0.280. The molecule has 0 saturated carbocycles. The molecule has 178 valence electrons. The van der Waals surface area contributed by atoms with Crippen LogP contribution in [0, 0.1) is 5.41 Å². The van der Waals surface area contributed by atoms with E-state index in [1.165, 1.54) is 12.2 Å². The molecule has 1 aliphatic carbocycles. The number of carbonyl (C=O) groups excluding carboxylic acids is 1. The molecule has 2 amide bonds. The van der Waals surface area contributed by atoms with Crippen molar-refractivity contribution in [3.63, 3.8) is 0 Å². The number of benzene rings is 2. The molecule has 2 aromatic carbocycles. The van der Waals surface area contributed by atoms with Gasteiger partial charge in [-0.3, -0.25) is 0 Å². The molecule has 4 nitrogen and oxygen atoms in total. The van der Waals surface area contributed by atoms with Crippen molar-refractivity contribution in [2.24, 2.45) is 10.5 Å². The first-order chi connectivity index (χ1) is 16.1. The maximum atomic E-state index is 14.8. The molecule has 1 heterocycles. The largest absolute Gasteiger partial charge is 0.403 e. The molecule has 1 aliphatic heterocycles. The van der Waals surface area contributed by atoms with Crippen molar-refractivity contribution in [1.29, 1.82) is 0 Å². The van der Waals surface area contributed by atoms with Crippen LogP contribution in [0.1, 0.15) is 25.3 Å². The predicted octanol–water partition coefficient (Wildman–Crippen LogP) is 7.63. The summed E-state index contributed by atoms with van der Waals surface area (Å²) in [6, 6.07) is 15.2. The molecule has 0 saturated heterocycles. The van der Waals surface area contributed by atoms with E-state index in [1.807, 2.05) is 6.92 Å². The first-order valence-electron chi connectivity index (χ1n) is 10.7. The summed E-state index contributed by atoms with van der Waals surface area (Å²) < 4.78 is 45.2. The Hall–Kier alpha value is -2.58. The minimum Gasteiger partial charge on any atom is -0.306 e. The fourth-order valence-electron chi connectivity index (χ4n) is 4.60.